The largest absolute Gasteiger partial charge is 0.379 e. The molecule has 3 aliphatic rings. The van der Waals surface area contributed by atoms with E-state index >= 15 is 0 Å². The molecule has 0 spiro atoms. The first-order chi connectivity index (χ1) is 18.5. The number of fused-ring (bicyclic) bond motifs is 1. The number of ether oxygens (including phenoxy) is 1. The van der Waals surface area contributed by atoms with E-state index < -0.39 is 0 Å². The molecule has 1 fully saturated rings. The van der Waals surface area contributed by atoms with Gasteiger partial charge >= 0.3 is 5.24 Å². The van der Waals surface area contributed by atoms with Gasteiger partial charge in [-0.1, -0.05) is 41.6 Å². The molecule has 1 saturated heterocycles. The Kier molecular flexibility index (Phi) is 8.44. The van der Waals surface area contributed by atoms with Gasteiger partial charge in [-0.3, -0.25) is 14.5 Å². The molecule has 202 valence electrons. The maximum Gasteiger partial charge on any atom is 0.302 e. The molecule has 0 bridgehead atoms. The van der Waals surface area contributed by atoms with Crippen LogP contribution in [0.3, 0.4) is 0 Å². The zero-order valence-electron chi connectivity index (χ0n) is 21.0. The summed E-state index contributed by atoms with van der Waals surface area (Å²) in [6.07, 6.45) is 3.87. The van der Waals surface area contributed by atoms with Crippen LogP contribution in [0.15, 0.2) is 59.8 Å². The summed E-state index contributed by atoms with van der Waals surface area (Å²) < 4.78 is 5.43. The van der Waals surface area contributed by atoms with Gasteiger partial charge in [-0.15, -0.1) is 12.4 Å². The van der Waals surface area contributed by atoms with Crippen LogP contribution in [0.2, 0.25) is 5.02 Å². The maximum atomic E-state index is 12.8. The highest BCUT2D eigenvalue weighted by molar-refractivity contribution is 8.14. The number of morpholine rings is 1. The van der Waals surface area contributed by atoms with Crippen molar-refractivity contribution in [2.75, 3.05) is 37.4 Å². The summed E-state index contributed by atoms with van der Waals surface area (Å²) in [5, 5.41) is 9.61. The highest BCUT2D eigenvalue weighted by Gasteiger charge is 2.27. The van der Waals surface area contributed by atoms with Crippen molar-refractivity contribution >= 4 is 70.0 Å². The van der Waals surface area contributed by atoms with Crippen LogP contribution in [-0.2, 0) is 22.6 Å². The topological polar surface area (TPSA) is 90.0 Å². The highest BCUT2D eigenvalue weighted by atomic mass is 35.5. The Morgan fingerprint density at radius 3 is 2.62 bits per heavy atom. The molecule has 6 rings (SSSR count). The molecule has 0 atom stereocenters. The number of benzene rings is 2. The number of carbonyl (C=O) groups is 2. The molecular formula is C28H27Cl2N5O3S. The van der Waals surface area contributed by atoms with Crippen LogP contribution in [0.25, 0.3) is 11.6 Å². The van der Waals surface area contributed by atoms with Crippen LogP contribution in [-0.4, -0.2) is 63.8 Å². The fraction of sp³-hybridized carbons (Fsp3) is 0.250. The predicted molar refractivity (Wildman–Crippen MR) is 158 cm³/mol. The van der Waals surface area contributed by atoms with Gasteiger partial charge in [-0.05, 0) is 53.1 Å². The molecular weight excluding hydrogens is 557 g/mol. The average molecular weight is 585 g/mol. The van der Waals surface area contributed by atoms with Crippen molar-refractivity contribution in [3.63, 3.8) is 0 Å². The van der Waals surface area contributed by atoms with E-state index in [9.17, 15) is 9.59 Å². The predicted octanol–water partition coefficient (Wildman–Crippen LogP) is 5.49. The number of hydrazone groups is 1. The third-order valence-corrected chi connectivity index (χ3v) is 7.86. The summed E-state index contributed by atoms with van der Waals surface area (Å²) in [5.74, 6) is 0.366. The second kappa shape index (κ2) is 12.0. The lowest BCUT2D eigenvalue weighted by Gasteiger charge is -2.25. The molecule has 2 aromatic carbocycles. The van der Waals surface area contributed by atoms with E-state index in [4.69, 9.17) is 16.3 Å². The number of halogens is 2. The number of aromatic amines is 1. The van der Waals surface area contributed by atoms with Crippen LogP contribution >= 0.6 is 35.8 Å². The summed E-state index contributed by atoms with van der Waals surface area (Å²) in [7, 11) is 0. The Hall–Kier alpha value is -3.08. The summed E-state index contributed by atoms with van der Waals surface area (Å²) in [5.41, 5.74) is 6.85. The normalized spacial score (nSPS) is 18.5. The van der Waals surface area contributed by atoms with Crippen molar-refractivity contribution < 1.29 is 14.3 Å². The maximum absolute atomic E-state index is 12.8. The van der Waals surface area contributed by atoms with Crippen molar-refractivity contribution in [2.24, 2.45) is 5.10 Å². The minimum Gasteiger partial charge on any atom is -0.379 e. The van der Waals surface area contributed by atoms with Crippen molar-refractivity contribution in [3.05, 3.63) is 87.7 Å². The minimum absolute atomic E-state index is 0. The van der Waals surface area contributed by atoms with E-state index in [1.807, 2.05) is 54.7 Å². The first-order valence-corrected chi connectivity index (χ1v) is 13.8. The van der Waals surface area contributed by atoms with Crippen LogP contribution in [0.4, 0.5) is 10.5 Å². The summed E-state index contributed by atoms with van der Waals surface area (Å²) in [4.78, 5) is 31.1. The Balaban J connectivity index is 0.00000308. The molecule has 39 heavy (non-hydrogen) atoms. The lowest BCUT2D eigenvalue weighted by molar-refractivity contribution is -0.110. The van der Waals surface area contributed by atoms with Gasteiger partial charge in [0.05, 0.1) is 31.0 Å². The van der Waals surface area contributed by atoms with E-state index in [2.05, 4.69) is 26.4 Å². The molecule has 4 heterocycles. The summed E-state index contributed by atoms with van der Waals surface area (Å²) >= 11 is 7.24. The zero-order chi connectivity index (χ0) is 26.1. The molecule has 0 radical (unpaired) electrons. The summed E-state index contributed by atoms with van der Waals surface area (Å²) in [6, 6.07) is 15.3. The second-order valence-corrected chi connectivity index (χ2v) is 10.8. The molecule has 0 aliphatic carbocycles. The number of amides is 2. The van der Waals surface area contributed by atoms with Gasteiger partial charge < -0.3 is 15.0 Å². The third-order valence-electron chi connectivity index (χ3n) is 6.74. The van der Waals surface area contributed by atoms with Crippen molar-refractivity contribution in [1.29, 1.82) is 0 Å². The van der Waals surface area contributed by atoms with Gasteiger partial charge in [-0.2, -0.15) is 5.10 Å². The van der Waals surface area contributed by atoms with Gasteiger partial charge in [0.1, 0.15) is 0 Å². The molecule has 2 N–H and O–H groups in total. The average Bonchev–Trinajstić information content (AvgIpc) is 3.50. The lowest BCUT2D eigenvalue weighted by atomic mass is 10.0. The number of H-pyrrole nitrogens is 1. The van der Waals surface area contributed by atoms with Crippen LogP contribution in [0, 0.1) is 0 Å². The third kappa shape index (κ3) is 6.23. The molecule has 8 nitrogen and oxygen atoms in total. The number of hydrogen-bond acceptors (Lipinski definition) is 6. The number of nitrogens with zero attached hydrogens (tertiary/aromatic N) is 3. The van der Waals surface area contributed by atoms with E-state index in [0.717, 1.165) is 66.6 Å². The van der Waals surface area contributed by atoms with Crippen molar-refractivity contribution in [3.8, 4) is 0 Å². The number of rotatable bonds is 6. The van der Waals surface area contributed by atoms with Crippen LogP contribution in [0.1, 0.15) is 27.9 Å². The SMILES string of the molecule is Cl.O=C1Nc2ccc(CN3N=C(c4ccc(Cl)cc4)CSC3=O)cc2/C1=C/c1cc(CN2CCOCC2)c[nH]1. The first kappa shape index (κ1) is 27.5. The highest BCUT2D eigenvalue weighted by Crippen LogP contribution is 2.34. The number of carbonyl (C=O) groups excluding carboxylic acids is 2. The Morgan fingerprint density at radius 1 is 1.03 bits per heavy atom. The standard InChI is InChI=1S/C28H26ClN5O3S.ClH/c29-21-4-2-20(3-5-21)26-17-38-28(36)34(32-26)16-18-1-6-25-23(12-18)24(27(35)31-25)13-22-11-19(14-30-22)15-33-7-9-37-10-8-33;/h1-6,11-14,30H,7-10,15-17H2,(H,31,35);1H/b24-13-;. The quantitative estimate of drug-likeness (QED) is 0.375. The van der Waals surface area contributed by atoms with E-state index in [1.165, 1.54) is 22.3 Å². The fourth-order valence-corrected chi connectivity index (χ4v) is 5.62. The van der Waals surface area contributed by atoms with E-state index in [-0.39, 0.29) is 23.6 Å². The Morgan fingerprint density at radius 2 is 1.82 bits per heavy atom. The van der Waals surface area contributed by atoms with Crippen LogP contribution in [0.5, 0.6) is 0 Å². The zero-order valence-corrected chi connectivity index (χ0v) is 23.4. The van der Waals surface area contributed by atoms with Gasteiger partial charge in [-0.25, -0.2) is 5.01 Å². The number of thioether (sulfide) groups is 1. The van der Waals surface area contributed by atoms with Crippen molar-refractivity contribution in [2.45, 2.75) is 13.1 Å². The second-order valence-electron chi connectivity index (χ2n) is 9.41. The molecule has 1 aromatic heterocycles. The molecule has 3 aliphatic heterocycles. The number of anilines is 1. The molecule has 2 amide bonds. The van der Waals surface area contributed by atoms with E-state index in [1.54, 1.807) is 0 Å². The Labute approximate surface area is 241 Å². The van der Waals surface area contributed by atoms with Crippen LogP contribution < -0.4 is 5.32 Å². The lowest BCUT2D eigenvalue weighted by Crippen LogP contribution is -2.35. The smallest absolute Gasteiger partial charge is 0.302 e. The molecule has 0 saturated carbocycles. The summed E-state index contributed by atoms with van der Waals surface area (Å²) in [6.45, 7) is 4.51. The van der Waals surface area contributed by atoms with Crippen molar-refractivity contribution in [1.82, 2.24) is 14.9 Å². The number of nitrogens with one attached hydrogen (secondary N) is 2. The fourth-order valence-electron chi connectivity index (χ4n) is 4.76. The van der Waals surface area contributed by atoms with Gasteiger partial charge in [0, 0.05) is 53.6 Å². The number of hydrogen-bond donors (Lipinski definition) is 2. The first-order valence-electron chi connectivity index (χ1n) is 12.4. The number of aromatic nitrogens is 1. The van der Waals surface area contributed by atoms with Gasteiger partial charge in [0.15, 0.2) is 0 Å². The van der Waals surface area contributed by atoms with Gasteiger partial charge in [0.2, 0.25) is 0 Å². The minimum atomic E-state index is -0.144. The van der Waals surface area contributed by atoms with Gasteiger partial charge in [0.25, 0.3) is 5.91 Å². The molecule has 0 unspecified atom stereocenters. The Bertz CT molecular complexity index is 1450. The van der Waals surface area contributed by atoms with E-state index in [0.29, 0.717) is 22.9 Å². The molecule has 11 heteroatoms. The monoisotopic (exact) mass is 583 g/mol. The molecule has 3 aromatic rings.